The zero-order valence-electron chi connectivity index (χ0n) is 12.9. The summed E-state index contributed by atoms with van der Waals surface area (Å²) in [7, 11) is 1.64. The average molecular weight is 318 g/mol. The van der Waals surface area contributed by atoms with E-state index in [2.05, 4.69) is 10.1 Å². The van der Waals surface area contributed by atoms with Gasteiger partial charge in [-0.1, -0.05) is 29.4 Å². The van der Waals surface area contributed by atoms with Crippen LogP contribution in [0, 0.1) is 0 Å². The summed E-state index contributed by atoms with van der Waals surface area (Å²) in [6, 6.07) is 16.8. The Hall–Kier alpha value is -3.34. The Morgan fingerprint density at radius 2 is 1.92 bits per heavy atom. The molecular formula is C19H14N2O3. The first-order valence-electron chi connectivity index (χ1n) is 7.44. The van der Waals surface area contributed by atoms with Crippen LogP contribution >= 0.6 is 0 Å². The minimum absolute atomic E-state index is 0.439. The van der Waals surface area contributed by atoms with Crippen LogP contribution in [0.1, 0.15) is 0 Å². The van der Waals surface area contributed by atoms with Gasteiger partial charge in [0.1, 0.15) is 22.4 Å². The van der Waals surface area contributed by atoms with E-state index >= 15 is 0 Å². The highest BCUT2D eigenvalue weighted by Gasteiger charge is 2.10. The highest BCUT2D eigenvalue weighted by atomic mass is 16.5. The van der Waals surface area contributed by atoms with Crippen molar-refractivity contribution < 1.29 is 14.4 Å². The van der Waals surface area contributed by atoms with E-state index in [-0.39, 0.29) is 0 Å². The van der Waals surface area contributed by atoms with Crippen molar-refractivity contribution in [2.45, 2.75) is 0 Å². The number of para-hydroxylation sites is 1. The summed E-state index contributed by atoms with van der Waals surface area (Å²) < 4.78 is 11.4. The first-order valence-corrected chi connectivity index (χ1v) is 7.44. The average Bonchev–Trinajstić information content (AvgIpc) is 2.66. The number of rotatable bonds is 2. The molecule has 24 heavy (non-hydrogen) atoms. The molecule has 4 rings (SSSR count). The van der Waals surface area contributed by atoms with Crippen molar-refractivity contribution in [1.82, 2.24) is 4.98 Å². The van der Waals surface area contributed by atoms with Crippen LogP contribution in [0.15, 0.2) is 70.4 Å². The fraction of sp³-hybridized carbons (Fsp3) is 0.0526. The van der Waals surface area contributed by atoms with Crippen molar-refractivity contribution in [3.05, 3.63) is 66.2 Å². The molecule has 5 nitrogen and oxygen atoms in total. The van der Waals surface area contributed by atoms with Crippen LogP contribution < -0.4 is 10.1 Å². The Bertz CT molecular complexity index is 1120. The molecule has 5 heteroatoms. The normalized spacial score (nSPS) is 12.0. The Labute approximate surface area is 137 Å². The summed E-state index contributed by atoms with van der Waals surface area (Å²) >= 11 is 0. The van der Waals surface area contributed by atoms with Crippen molar-refractivity contribution in [1.29, 1.82) is 0 Å². The monoisotopic (exact) mass is 318 g/mol. The molecule has 1 N–H and O–H groups in total. The van der Waals surface area contributed by atoms with Gasteiger partial charge in [-0.2, -0.15) is 0 Å². The quantitative estimate of drug-likeness (QED) is 0.449. The lowest BCUT2D eigenvalue weighted by molar-refractivity contribution is 0.302. The van der Waals surface area contributed by atoms with Crippen molar-refractivity contribution in [2.24, 2.45) is 5.16 Å². The largest absolute Gasteiger partial charge is 0.496 e. The van der Waals surface area contributed by atoms with E-state index in [1.54, 1.807) is 19.4 Å². The van der Waals surface area contributed by atoms with Crippen LogP contribution in [-0.4, -0.2) is 17.3 Å². The molecule has 0 amide bonds. The molecule has 0 saturated heterocycles. The molecule has 2 aromatic heterocycles. The van der Waals surface area contributed by atoms with Gasteiger partial charge in [0.2, 0.25) is 0 Å². The molecule has 0 unspecified atom stereocenters. The van der Waals surface area contributed by atoms with Crippen molar-refractivity contribution in [3.63, 3.8) is 0 Å². The first-order chi connectivity index (χ1) is 11.8. The van der Waals surface area contributed by atoms with E-state index in [0.717, 1.165) is 21.9 Å². The molecule has 0 saturated carbocycles. The number of pyridine rings is 1. The van der Waals surface area contributed by atoms with E-state index in [1.165, 1.54) is 0 Å². The SMILES string of the molecule is COc1cccc2cnc(-c3c/c(=N\O)c4ccccc4o3)cc12. The van der Waals surface area contributed by atoms with Gasteiger partial charge in [-0.05, 0) is 24.3 Å². The minimum Gasteiger partial charge on any atom is -0.496 e. The van der Waals surface area contributed by atoms with Gasteiger partial charge < -0.3 is 14.4 Å². The summed E-state index contributed by atoms with van der Waals surface area (Å²) in [5.41, 5.74) is 1.27. The van der Waals surface area contributed by atoms with Gasteiger partial charge in [-0.25, -0.2) is 0 Å². The maximum absolute atomic E-state index is 9.30. The summed E-state index contributed by atoms with van der Waals surface area (Å²) in [5.74, 6) is 1.29. The Morgan fingerprint density at radius 3 is 2.75 bits per heavy atom. The molecule has 0 atom stereocenters. The van der Waals surface area contributed by atoms with Gasteiger partial charge in [-0.15, -0.1) is 0 Å². The van der Waals surface area contributed by atoms with Gasteiger partial charge in [0.25, 0.3) is 0 Å². The number of ether oxygens (including phenoxy) is 1. The molecular weight excluding hydrogens is 304 g/mol. The predicted molar refractivity (Wildman–Crippen MR) is 90.9 cm³/mol. The maximum atomic E-state index is 9.30. The van der Waals surface area contributed by atoms with E-state index in [9.17, 15) is 5.21 Å². The van der Waals surface area contributed by atoms with E-state index < -0.39 is 0 Å². The number of nitrogens with zero attached hydrogens (tertiary/aromatic N) is 2. The van der Waals surface area contributed by atoms with Gasteiger partial charge in [-0.3, -0.25) is 4.98 Å². The molecule has 0 radical (unpaired) electrons. The minimum atomic E-state index is 0.439. The third-order valence-electron chi connectivity index (χ3n) is 3.95. The van der Waals surface area contributed by atoms with Crippen LogP contribution in [0.2, 0.25) is 0 Å². The molecule has 0 fully saturated rings. The fourth-order valence-corrected chi connectivity index (χ4v) is 2.78. The standard InChI is InChI=1S/C19H14N2O3/c1-23-17-8-4-5-12-11-20-16(9-14(12)17)19-10-15(21-22)13-6-2-3-7-18(13)24-19/h2-11,22H,1H3/b21-15+. The third-order valence-corrected chi connectivity index (χ3v) is 3.95. The lowest BCUT2D eigenvalue weighted by Gasteiger charge is -2.07. The van der Waals surface area contributed by atoms with Gasteiger partial charge in [0, 0.05) is 28.4 Å². The third kappa shape index (κ3) is 2.27. The lowest BCUT2D eigenvalue weighted by atomic mass is 10.1. The molecule has 0 spiro atoms. The summed E-state index contributed by atoms with van der Waals surface area (Å²) in [5, 5.41) is 15.8. The molecule has 0 aliphatic rings. The van der Waals surface area contributed by atoms with Crippen LogP contribution in [0.25, 0.3) is 33.2 Å². The number of aromatic nitrogens is 1. The Balaban J connectivity index is 1.99. The lowest BCUT2D eigenvalue weighted by Crippen LogP contribution is -2.03. The number of fused-ring (bicyclic) bond motifs is 2. The number of methoxy groups -OCH3 is 1. The second-order valence-electron chi connectivity index (χ2n) is 5.34. The molecule has 0 aliphatic heterocycles. The molecule has 2 aromatic carbocycles. The first kappa shape index (κ1) is 14.3. The second kappa shape index (κ2) is 5.70. The topological polar surface area (TPSA) is 67.9 Å². The number of benzene rings is 2. The summed E-state index contributed by atoms with van der Waals surface area (Å²) in [6.45, 7) is 0. The van der Waals surface area contributed by atoms with Gasteiger partial charge in [0.15, 0.2) is 5.76 Å². The molecule has 4 aromatic rings. The summed E-state index contributed by atoms with van der Waals surface area (Å²) in [6.07, 6.45) is 1.77. The smallest absolute Gasteiger partial charge is 0.155 e. The Kier molecular flexibility index (Phi) is 3.39. The zero-order valence-corrected chi connectivity index (χ0v) is 12.9. The highest BCUT2D eigenvalue weighted by Crippen LogP contribution is 2.29. The molecule has 2 heterocycles. The van der Waals surface area contributed by atoms with Crippen LogP contribution in [0.4, 0.5) is 0 Å². The van der Waals surface area contributed by atoms with E-state index in [1.807, 2.05) is 48.5 Å². The molecule has 0 bridgehead atoms. The molecule has 118 valence electrons. The highest BCUT2D eigenvalue weighted by molar-refractivity contribution is 5.90. The van der Waals surface area contributed by atoms with Crippen molar-refractivity contribution in [2.75, 3.05) is 7.11 Å². The number of hydrogen-bond acceptors (Lipinski definition) is 5. The van der Waals surface area contributed by atoms with Crippen LogP contribution in [0.5, 0.6) is 5.75 Å². The Morgan fingerprint density at radius 1 is 1.04 bits per heavy atom. The maximum Gasteiger partial charge on any atom is 0.155 e. The van der Waals surface area contributed by atoms with Gasteiger partial charge >= 0.3 is 0 Å². The van der Waals surface area contributed by atoms with Crippen LogP contribution in [0.3, 0.4) is 0 Å². The van der Waals surface area contributed by atoms with Crippen molar-refractivity contribution >= 4 is 21.7 Å². The van der Waals surface area contributed by atoms with E-state index in [0.29, 0.717) is 22.4 Å². The second-order valence-corrected chi connectivity index (χ2v) is 5.34. The molecule has 0 aliphatic carbocycles. The predicted octanol–water partition coefficient (Wildman–Crippen LogP) is 3.95. The van der Waals surface area contributed by atoms with Gasteiger partial charge in [0.05, 0.1) is 7.11 Å². The van der Waals surface area contributed by atoms with Crippen molar-refractivity contribution in [3.8, 4) is 17.2 Å². The summed E-state index contributed by atoms with van der Waals surface area (Å²) in [4.78, 5) is 4.46. The fourth-order valence-electron chi connectivity index (χ4n) is 2.78. The van der Waals surface area contributed by atoms with E-state index in [4.69, 9.17) is 9.15 Å². The van der Waals surface area contributed by atoms with Crippen LogP contribution in [-0.2, 0) is 0 Å². The zero-order chi connectivity index (χ0) is 16.5. The number of hydrogen-bond donors (Lipinski definition) is 1.